The molecular weight excluding hydrogens is 286 g/mol. The molecule has 0 aromatic heterocycles. The fraction of sp³-hybridized carbons (Fsp3) is 0.600. The highest BCUT2D eigenvalue weighted by atomic mass is 32.2. The molecule has 4 N–H and O–H groups in total. The van der Waals surface area contributed by atoms with E-state index in [2.05, 4.69) is 23.9 Å². The number of hydrogen-bond acceptors (Lipinski definition) is 4. The standard InChI is InChI=1S/C15H25N3O2S/c1-11(2)9-13(10-16)17-14-5-3-4-6-15(14)21(19,20)18-12-7-8-12/h3-6,11-13,17-18H,7-10,16H2,1-2H3. The molecule has 1 fully saturated rings. The summed E-state index contributed by atoms with van der Waals surface area (Å²) >= 11 is 0. The first-order chi connectivity index (χ1) is 9.92. The number of hydrogen-bond donors (Lipinski definition) is 3. The Bertz CT molecular complexity index is 568. The number of sulfonamides is 1. The van der Waals surface area contributed by atoms with Crippen LogP contribution in [0.4, 0.5) is 5.69 Å². The Hall–Kier alpha value is -1.11. The second kappa shape index (κ2) is 6.77. The third kappa shape index (κ3) is 4.69. The number of nitrogens with two attached hydrogens (primary N) is 1. The molecule has 1 saturated carbocycles. The van der Waals surface area contributed by atoms with Gasteiger partial charge in [0.2, 0.25) is 10.0 Å². The van der Waals surface area contributed by atoms with Crippen LogP contribution in [0, 0.1) is 5.92 Å². The van der Waals surface area contributed by atoms with E-state index in [0.717, 1.165) is 19.3 Å². The van der Waals surface area contributed by atoms with Gasteiger partial charge in [-0.15, -0.1) is 0 Å². The van der Waals surface area contributed by atoms with Crippen molar-refractivity contribution in [2.75, 3.05) is 11.9 Å². The van der Waals surface area contributed by atoms with Gasteiger partial charge in [-0.2, -0.15) is 0 Å². The number of nitrogens with one attached hydrogen (secondary N) is 2. The normalized spacial score (nSPS) is 17.0. The van der Waals surface area contributed by atoms with E-state index in [-0.39, 0.29) is 12.1 Å². The summed E-state index contributed by atoms with van der Waals surface area (Å²) in [5.74, 6) is 0.499. The minimum Gasteiger partial charge on any atom is -0.380 e. The van der Waals surface area contributed by atoms with Crippen molar-refractivity contribution in [2.24, 2.45) is 11.7 Å². The molecule has 2 rings (SSSR count). The Labute approximate surface area is 127 Å². The zero-order valence-corrected chi connectivity index (χ0v) is 13.5. The van der Waals surface area contributed by atoms with Crippen LogP contribution in [0.5, 0.6) is 0 Å². The first-order valence-corrected chi connectivity index (χ1v) is 8.98. The van der Waals surface area contributed by atoms with E-state index in [0.29, 0.717) is 23.0 Å². The molecule has 0 radical (unpaired) electrons. The molecular formula is C15H25N3O2S. The molecule has 1 aliphatic carbocycles. The molecule has 0 amide bonds. The predicted octanol–water partition coefficient (Wildman–Crippen LogP) is 1.91. The van der Waals surface area contributed by atoms with Crippen molar-refractivity contribution in [3.05, 3.63) is 24.3 Å². The molecule has 5 nitrogen and oxygen atoms in total. The Morgan fingerprint density at radius 2 is 1.95 bits per heavy atom. The summed E-state index contributed by atoms with van der Waals surface area (Å²) in [6.45, 7) is 4.73. The van der Waals surface area contributed by atoms with E-state index in [4.69, 9.17) is 5.73 Å². The lowest BCUT2D eigenvalue weighted by molar-refractivity contribution is 0.521. The van der Waals surface area contributed by atoms with Crippen molar-refractivity contribution >= 4 is 15.7 Å². The first kappa shape index (κ1) is 16.3. The van der Waals surface area contributed by atoms with Crippen molar-refractivity contribution in [1.82, 2.24) is 4.72 Å². The predicted molar refractivity (Wildman–Crippen MR) is 85.7 cm³/mol. The van der Waals surface area contributed by atoms with Gasteiger partial charge in [0.1, 0.15) is 4.90 Å². The quantitative estimate of drug-likeness (QED) is 0.685. The summed E-state index contributed by atoms with van der Waals surface area (Å²) in [6.07, 6.45) is 2.75. The topological polar surface area (TPSA) is 84.2 Å². The van der Waals surface area contributed by atoms with Gasteiger partial charge in [-0.3, -0.25) is 0 Å². The third-order valence-corrected chi connectivity index (χ3v) is 5.05. The van der Waals surface area contributed by atoms with E-state index < -0.39 is 10.0 Å². The summed E-state index contributed by atoms with van der Waals surface area (Å²) in [6, 6.07) is 7.18. The lowest BCUT2D eigenvalue weighted by atomic mass is 10.0. The minimum absolute atomic E-state index is 0.0716. The van der Waals surface area contributed by atoms with E-state index in [9.17, 15) is 8.42 Å². The fourth-order valence-electron chi connectivity index (χ4n) is 2.31. The highest BCUT2D eigenvalue weighted by Gasteiger charge is 2.29. The number of para-hydroxylation sites is 1. The average molecular weight is 311 g/mol. The van der Waals surface area contributed by atoms with Crippen LogP contribution in [0.3, 0.4) is 0 Å². The van der Waals surface area contributed by atoms with Gasteiger partial charge in [0.15, 0.2) is 0 Å². The number of anilines is 1. The lowest BCUT2D eigenvalue weighted by Gasteiger charge is -2.22. The third-order valence-electron chi connectivity index (χ3n) is 3.48. The van der Waals surface area contributed by atoms with Crippen LogP contribution in [0.1, 0.15) is 33.1 Å². The molecule has 1 aliphatic rings. The van der Waals surface area contributed by atoms with Crippen molar-refractivity contribution < 1.29 is 8.42 Å². The van der Waals surface area contributed by atoms with Gasteiger partial charge in [0.25, 0.3) is 0 Å². The molecule has 0 heterocycles. The van der Waals surface area contributed by atoms with E-state index >= 15 is 0 Å². The maximum atomic E-state index is 12.4. The molecule has 21 heavy (non-hydrogen) atoms. The molecule has 1 aromatic rings. The number of rotatable bonds is 8. The Balaban J connectivity index is 2.19. The molecule has 1 unspecified atom stereocenters. The first-order valence-electron chi connectivity index (χ1n) is 7.50. The zero-order valence-electron chi connectivity index (χ0n) is 12.7. The summed E-state index contributed by atoms with van der Waals surface area (Å²) < 4.78 is 27.5. The second-order valence-corrected chi connectivity index (χ2v) is 7.78. The monoisotopic (exact) mass is 311 g/mol. The van der Waals surface area contributed by atoms with Crippen LogP contribution in [0.15, 0.2) is 29.2 Å². The van der Waals surface area contributed by atoms with Crippen molar-refractivity contribution in [3.63, 3.8) is 0 Å². The highest BCUT2D eigenvalue weighted by Crippen LogP contribution is 2.26. The van der Waals surface area contributed by atoms with Gasteiger partial charge >= 0.3 is 0 Å². The highest BCUT2D eigenvalue weighted by molar-refractivity contribution is 7.89. The lowest BCUT2D eigenvalue weighted by Crippen LogP contribution is -2.32. The van der Waals surface area contributed by atoms with Crippen LogP contribution >= 0.6 is 0 Å². The van der Waals surface area contributed by atoms with E-state index in [1.54, 1.807) is 18.2 Å². The van der Waals surface area contributed by atoms with Crippen molar-refractivity contribution in [1.29, 1.82) is 0 Å². The SMILES string of the molecule is CC(C)CC(CN)Nc1ccccc1S(=O)(=O)NC1CC1. The summed E-state index contributed by atoms with van der Waals surface area (Å²) in [4.78, 5) is 0.305. The largest absolute Gasteiger partial charge is 0.380 e. The van der Waals surface area contributed by atoms with Gasteiger partial charge in [0.05, 0.1) is 5.69 Å². The van der Waals surface area contributed by atoms with Gasteiger partial charge in [-0.05, 0) is 37.3 Å². The van der Waals surface area contributed by atoms with Crippen molar-refractivity contribution in [2.45, 2.75) is 50.1 Å². The molecule has 0 spiro atoms. The average Bonchev–Trinajstić information content (AvgIpc) is 3.21. The molecule has 1 atom stereocenters. The molecule has 6 heteroatoms. The molecule has 0 aliphatic heterocycles. The molecule has 1 aromatic carbocycles. The van der Waals surface area contributed by atoms with Gasteiger partial charge in [-0.1, -0.05) is 26.0 Å². The maximum absolute atomic E-state index is 12.4. The smallest absolute Gasteiger partial charge is 0.242 e. The minimum atomic E-state index is -3.46. The van der Waals surface area contributed by atoms with E-state index in [1.807, 2.05) is 6.07 Å². The van der Waals surface area contributed by atoms with E-state index in [1.165, 1.54) is 0 Å². The maximum Gasteiger partial charge on any atom is 0.242 e. The fourth-order valence-corrected chi connectivity index (χ4v) is 3.78. The van der Waals surface area contributed by atoms with Crippen LogP contribution in [0.2, 0.25) is 0 Å². The molecule has 118 valence electrons. The Morgan fingerprint density at radius 3 is 2.52 bits per heavy atom. The van der Waals surface area contributed by atoms with Crippen LogP contribution < -0.4 is 15.8 Å². The van der Waals surface area contributed by atoms with Crippen LogP contribution in [0.25, 0.3) is 0 Å². The molecule has 0 bridgehead atoms. The van der Waals surface area contributed by atoms with Gasteiger partial charge in [-0.25, -0.2) is 13.1 Å². The Kier molecular flexibility index (Phi) is 5.24. The second-order valence-electron chi connectivity index (χ2n) is 6.10. The summed E-state index contributed by atoms with van der Waals surface area (Å²) in [5.41, 5.74) is 6.42. The van der Waals surface area contributed by atoms with Crippen molar-refractivity contribution in [3.8, 4) is 0 Å². The Morgan fingerprint density at radius 1 is 1.29 bits per heavy atom. The number of benzene rings is 1. The molecule has 0 saturated heterocycles. The van der Waals surface area contributed by atoms with Gasteiger partial charge in [0, 0.05) is 18.6 Å². The van der Waals surface area contributed by atoms with Crippen LogP contribution in [-0.2, 0) is 10.0 Å². The zero-order chi connectivity index (χ0) is 15.5. The van der Waals surface area contributed by atoms with Gasteiger partial charge < -0.3 is 11.1 Å². The summed E-state index contributed by atoms with van der Waals surface area (Å²) in [7, 11) is -3.46. The summed E-state index contributed by atoms with van der Waals surface area (Å²) in [5, 5.41) is 3.28. The van der Waals surface area contributed by atoms with Crippen LogP contribution in [-0.4, -0.2) is 27.0 Å².